The van der Waals surface area contributed by atoms with Crippen LogP contribution in [0.2, 0.25) is 0 Å². The Balaban J connectivity index is 1.95. The van der Waals surface area contributed by atoms with Crippen molar-refractivity contribution in [3.05, 3.63) is 65.4 Å². The topological polar surface area (TPSA) is 71.5 Å². The molecule has 3 aromatic rings. The molecule has 7 heteroatoms. The van der Waals surface area contributed by atoms with Gasteiger partial charge >= 0.3 is 6.61 Å². The standard InChI is InChI=1S/C20H15F2NO4/c1-26-18-10-12(7-9-17(18)27-20(21)22)6-8-13-11-15(19(24)25)14-4-2-3-5-16(14)23-13/h2-11,20H,1H3,(H,24,25)/p-1/b8-6+. The molecule has 0 unspecified atom stereocenters. The van der Waals surface area contributed by atoms with Crippen LogP contribution in [0.3, 0.4) is 0 Å². The lowest BCUT2D eigenvalue weighted by molar-refractivity contribution is -0.254. The number of carbonyl (C=O) groups is 1. The van der Waals surface area contributed by atoms with E-state index in [4.69, 9.17) is 4.74 Å². The van der Waals surface area contributed by atoms with E-state index in [1.54, 1.807) is 42.5 Å². The fourth-order valence-corrected chi connectivity index (χ4v) is 2.61. The van der Waals surface area contributed by atoms with Crippen molar-refractivity contribution in [2.24, 2.45) is 0 Å². The van der Waals surface area contributed by atoms with Gasteiger partial charge in [-0.25, -0.2) is 4.98 Å². The molecule has 0 bridgehead atoms. The Bertz CT molecular complexity index is 1020. The van der Waals surface area contributed by atoms with Crippen molar-refractivity contribution in [2.75, 3.05) is 7.11 Å². The monoisotopic (exact) mass is 370 g/mol. The molecule has 0 atom stereocenters. The highest BCUT2D eigenvalue weighted by Crippen LogP contribution is 2.30. The van der Waals surface area contributed by atoms with Crippen LogP contribution in [0, 0.1) is 0 Å². The van der Waals surface area contributed by atoms with Crippen LogP contribution < -0.4 is 14.6 Å². The molecule has 138 valence electrons. The van der Waals surface area contributed by atoms with E-state index in [1.165, 1.54) is 25.3 Å². The van der Waals surface area contributed by atoms with Gasteiger partial charge in [-0.05, 0) is 35.9 Å². The summed E-state index contributed by atoms with van der Waals surface area (Å²) in [6.07, 6.45) is 3.27. The smallest absolute Gasteiger partial charge is 0.387 e. The number of methoxy groups -OCH3 is 1. The maximum absolute atomic E-state index is 12.4. The van der Waals surface area contributed by atoms with Gasteiger partial charge in [0.1, 0.15) is 0 Å². The molecule has 0 aliphatic heterocycles. The number of hydrogen-bond donors (Lipinski definition) is 0. The lowest BCUT2D eigenvalue weighted by Crippen LogP contribution is -2.22. The molecule has 2 aromatic carbocycles. The zero-order valence-corrected chi connectivity index (χ0v) is 14.2. The zero-order chi connectivity index (χ0) is 19.4. The molecule has 0 aliphatic carbocycles. The summed E-state index contributed by atoms with van der Waals surface area (Å²) in [4.78, 5) is 15.8. The third-order valence-corrected chi connectivity index (χ3v) is 3.81. The van der Waals surface area contributed by atoms with E-state index >= 15 is 0 Å². The number of alkyl halides is 2. The van der Waals surface area contributed by atoms with Gasteiger partial charge in [0.15, 0.2) is 11.5 Å². The number of pyridine rings is 1. The quantitative estimate of drug-likeness (QED) is 0.665. The van der Waals surface area contributed by atoms with Gasteiger partial charge in [-0.3, -0.25) is 0 Å². The van der Waals surface area contributed by atoms with Crippen LogP contribution in [-0.4, -0.2) is 24.7 Å². The van der Waals surface area contributed by atoms with Crippen molar-refractivity contribution in [3.63, 3.8) is 0 Å². The third-order valence-electron chi connectivity index (χ3n) is 3.81. The minimum Gasteiger partial charge on any atom is -0.545 e. The summed E-state index contributed by atoms with van der Waals surface area (Å²) in [5.74, 6) is -1.22. The molecular formula is C20H14F2NO4-. The molecular weight excluding hydrogens is 356 g/mol. The molecule has 0 spiro atoms. The summed E-state index contributed by atoms with van der Waals surface area (Å²) in [6.45, 7) is -2.95. The Labute approximate surface area is 153 Å². The number of para-hydroxylation sites is 1. The van der Waals surface area contributed by atoms with Crippen molar-refractivity contribution in [2.45, 2.75) is 6.61 Å². The van der Waals surface area contributed by atoms with Crippen LogP contribution in [0.1, 0.15) is 21.6 Å². The molecule has 0 amide bonds. The van der Waals surface area contributed by atoms with Gasteiger partial charge in [-0.2, -0.15) is 8.78 Å². The molecule has 1 heterocycles. The van der Waals surface area contributed by atoms with E-state index < -0.39 is 12.6 Å². The van der Waals surface area contributed by atoms with Crippen molar-refractivity contribution < 1.29 is 28.2 Å². The molecule has 0 saturated carbocycles. The molecule has 27 heavy (non-hydrogen) atoms. The second-order valence-corrected chi connectivity index (χ2v) is 5.52. The average molecular weight is 370 g/mol. The second kappa shape index (κ2) is 7.82. The first-order valence-electron chi connectivity index (χ1n) is 7.90. The zero-order valence-electron chi connectivity index (χ0n) is 14.2. The minimum atomic E-state index is -2.95. The van der Waals surface area contributed by atoms with Crippen LogP contribution in [0.5, 0.6) is 11.5 Å². The number of rotatable bonds is 6. The number of carboxylic acid groups (broad SMARTS) is 1. The Morgan fingerprint density at radius 1 is 1.11 bits per heavy atom. The normalized spacial score (nSPS) is 11.3. The maximum Gasteiger partial charge on any atom is 0.387 e. The Hall–Kier alpha value is -3.48. The maximum atomic E-state index is 12.4. The molecule has 0 aliphatic rings. The highest BCUT2D eigenvalue weighted by molar-refractivity contribution is 6.02. The van der Waals surface area contributed by atoms with E-state index in [1.807, 2.05) is 0 Å². The first-order chi connectivity index (χ1) is 13.0. The Kier molecular flexibility index (Phi) is 5.30. The number of halogens is 2. The number of ether oxygens (including phenoxy) is 2. The lowest BCUT2D eigenvalue weighted by Gasteiger charge is -2.10. The van der Waals surface area contributed by atoms with Crippen LogP contribution in [0.15, 0.2) is 48.5 Å². The highest BCUT2D eigenvalue weighted by atomic mass is 19.3. The first-order valence-corrected chi connectivity index (χ1v) is 7.90. The van der Waals surface area contributed by atoms with Crippen LogP contribution in [0.25, 0.3) is 23.1 Å². The van der Waals surface area contributed by atoms with Crippen molar-refractivity contribution in [3.8, 4) is 11.5 Å². The number of nitrogens with zero attached hydrogens (tertiary/aromatic N) is 1. The molecule has 0 fully saturated rings. The molecule has 3 rings (SSSR count). The first kappa shape index (κ1) is 18.3. The van der Waals surface area contributed by atoms with Crippen molar-refractivity contribution in [1.29, 1.82) is 0 Å². The number of carbonyl (C=O) groups excluding carboxylic acids is 1. The van der Waals surface area contributed by atoms with E-state index in [-0.39, 0.29) is 17.1 Å². The van der Waals surface area contributed by atoms with E-state index in [2.05, 4.69) is 9.72 Å². The molecule has 5 nitrogen and oxygen atoms in total. The number of carboxylic acids is 1. The van der Waals surface area contributed by atoms with E-state index in [9.17, 15) is 18.7 Å². The van der Waals surface area contributed by atoms with Gasteiger partial charge < -0.3 is 19.4 Å². The molecule has 1 aromatic heterocycles. The summed E-state index contributed by atoms with van der Waals surface area (Å²) < 4.78 is 34.2. The number of benzene rings is 2. The van der Waals surface area contributed by atoms with Gasteiger partial charge in [0.05, 0.1) is 24.3 Å². The SMILES string of the molecule is COc1cc(/C=C/c2cc(C(=O)[O-])c3ccccc3n2)ccc1OC(F)F. The number of aromatic nitrogens is 1. The van der Waals surface area contributed by atoms with Crippen molar-refractivity contribution in [1.82, 2.24) is 4.98 Å². The predicted octanol–water partition coefficient (Wildman–Crippen LogP) is 3.38. The summed E-state index contributed by atoms with van der Waals surface area (Å²) in [5.41, 5.74) is 1.62. The summed E-state index contributed by atoms with van der Waals surface area (Å²) in [6, 6.07) is 12.7. The van der Waals surface area contributed by atoms with E-state index in [0.717, 1.165) is 0 Å². The van der Waals surface area contributed by atoms with Crippen molar-refractivity contribution >= 4 is 29.0 Å². The predicted molar refractivity (Wildman–Crippen MR) is 94.6 cm³/mol. The fraction of sp³-hybridized carbons (Fsp3) is 0.100. The lowest BCUT2D eigenvalue weighted by atomic mass is 10.1. The van der Waals surface area contributed by atoms with E-state index in [0.29, 0.717) is 22.2 Å². The third kappa shape index (κ3) is 4.20. The summed E-state index contributed by atoms with van der Waals surface area (Å²) >= 11 is 0. The Morgan fingerprint density at radius 2 is 1.89 bits per heavy atom. The number of aromatic carboxylic acids is 1. The van der Waals surface area contributed by atoms with Gasteiger partial charge in [-0.1, -0.05) is 30.3 Å². The minimum absolute atomic E-state index is 0.0403. The summed E-state index contributed by atoms with van der Waals surface area (Å²) in [7, 11) is 1.35. The van der Waals surface area contributed by atoms with Gasteiger partial charge in [0.2, 0.25) is 0 Å². The average Bonchev–Trinajstić information content (AvgIpc) is 2.66. The Morgan fingerprint density at radius 3 is 2.59 bits per heavy atom. The highest BCUT2D eigenvalue weighted by Gasteiger charge is 2.10. The molecule has 0 saturated heterocycles. The molecule has 0 N–H and O–H groups in total. The summed E-state index contributed by atoms with van der Waals surface area (Å²) in [5, 5.41) is 11.9. The largest absolute Gasteiger partial charge is 0.545 e. The van der Waals surface area contributed by atoms with Gasteiger partial charge in [0, 0.05) is 10.9 Å². The van der Waals surface area contributed by atoms with Crippen LogP contribution in [0.4, 0.5) is 8.78 Å². The fourth-order valence-electron chi connectivity index (χ4n) is 2.61. The second-order valence-electron chi connectivity index (χ2n) is 5.52. The van der Waals surface area contributed by atoms with Gasteiger partial charge in [-0.15, -0.1) is 0 Å². The van der Waals surface area contributed by atoms with Crippen LogP contribution in [-0.2, 0) is 0 Å². The van der Waals surface area contributed by atoms with Gasteiger partial charge in [0.25, 0.3) is 0 Å². The number of fused-ring (bicyclic) bond motifs is 1. The molecule has 0 radical (unpaired) electrons. The number of hydrogen-bond acceptors (Lipinski definition) is 5. The van der Waals surface area contributed by atoms with Crippen LogP contribution >= 0.6 is 0 Å².